The number of rotatable bonds is 4. The van der Waals surface area contributed by atoms with Gasteiger partial charge in [0.1, 0.15) is 6.04 Å². The van der Waals surface area contributed by atoms with Crippen LogP contribution in [0.25, 0.3) is 0 Å². The van der Waals surface area contributed by atoms with Crippen LogP contribution in [0.3, 0.4) is 0 Å². The number of anilines is 1. The van der Waals surface area contributed by atoms with Crippen LogP contribution in [0.1, 0.15) is 29.0 Å². The van der Waals surface area contributed by atoms with Gasteiger partial charge < -0.3 is 15.0 Å². The Bertz CT molecular complexity index is 782. The Morgan fingerprint density at radius 1 is 1.31 bits per heavy atom. The number of amides is 2. The van der Waals surface area contributed by atoms with E-state index >= 15 is 0 Å². The van der Waals surface area contributed by atoms with E-state index in [0.29, 0.717) is 37.7 Å². The molecule has 26 heavy (non-hydrogen) atoms. The van der Waals surface area contributed by atoms with Gasteiger partial charge in [-0.1, -0.05) is 41.7 Å². The summed E-state index contributed by atoms with van der Waals surface area (Å²) in [7, 11) is 0. The second kappa shape index (κ2) is 7.55. The van der Waals surface area contributed by atoms with E-state index < -0.39 is 6.04 Å². The Labute approximate surface area is 156 Å². The fourth-order valence-corrected chi connectivity index (χ4v) is 4.43. The zero-order valence-electron chi connectivity index (χ0n) is 14.4. The molecule has 1 unspecified atom stereocenters. The van der Waals surface area contributed by atoms with Gasteiger partial charge in [0.15, 0.2) is 5.13 Å². The van der Waals surface area contributed by atoms with Crippen molar-refractivity contribution in [3.8, 4) is 0 Å². The zero-order valence-corrected chi connectivity index (χ0v) is 15.3. The van der Waals surface area contributed by atoms with Crippen molar-refractivity contribution in [3.63, 3.8) is 0 Å². The molecular weight excluding hydrogens is 350 g/mol. The highest BCUT2D eigenvalue weighted by Crippen LogP contribution is 2.28. The Kier molecular flexibility index (Phi) is 4.99. The molecule has 6 nitrogen and oxygen atoms in total. The molecule has 0 spiro atoms. The van der Waals surface area contributed by atoms with Gasteiger partial charge in [-0.3, -0.25) is 9.59 Å². The second-order valence-corrected chi connectivity index (χ2v) is 7.67. The van der Waals surface area contributed by atoms with E-state index in [4.69, 9.17) is 4.74 Å². The lowest BCUT2D eigenvalue weighted by Crippen LogP contribution is -2.43. The van der Waals surface area contributed by atoms with Crippen molar-refractivity contribution in [2.24, 2.45) is 0 Å². The van der Waals surface area contributed by atoms with Crippen molar-refractivity contribution in [1.29, 1.82) is 0 Å². The first kappa shape index (κ1) is 17.2. The third kappa shape index (κ3) is 3.64. The third-order valence-electron chi connectivity index (χ3n) is 4.80. The summed E-state index contributed by atoms with van der Waals surface area (Å²) in [5, 5.41) is 3.51. The minimum absolute atomic E-state index is 0.000633. The Balaban J connectivity index is 1.41. The summed E-state index contributed by atoms with van der Waals surface area (Å²) in [6.45, 7) is 1.87. The number of aromatic nitrogens is 1. The van der Waals surface area contributed by atoms with Gasteiger partial charge in [-0.2, -0.15) is 0 Å². The van der Waals surface area contributed by atoms with E-state index in [1.54, 1.807) is 4.90 Å². The van der Waals surface area contributed by atoms with Crippen molar-refractivity contribution >= 4 is 28.3 Å². The van der Waals surface area contributed by atoms with Crippen LogP contribution in [-0.2, 0) is 33.8 Å². The topological polar surface area (TPSA) is 71.5 Å². The van der Waals surface area contributed by atoms with Crippen molar-refractivity contribution in [2.75, 3.05) is 18.5 Å². The first-order chi connectivity index (χ1) is 12.7. The lowest BCUT2D eigenvalue weighted by molar-refractivity contribution is -0.136. The van der Waals surface area contributed by atoms with Gasteiger partial charge in [0.2, 0.25) is 11.8 Å². The molecule has 0 saturated carbocycles. The highest BCUT2D eigenvalue weighted by molar-refractivity contribution is 7.15. The highest BCUT2D eigenvalue weighted by Gasteiger charge is 2.34. The molecule has 2 aliphatic heterocycles. The van der Waals surface area contributed by atoms with E-state index in [1.165, 1.54) is 11.3 Å². The molecule has 7 heteroatoms. The Morgan fingerprint density at radius 3 is 2.96 bits per heavy atom. The van der Waals surface area contributed by atoms with Gasteiger partial charge in [0, 0.05) is 13.0 Å². The number of carbonyl (C=O) groups is 2. The number of likely N-dealkylation sites (tertiary alicyclic amines) is 1. The van der Waals surface area contributed by atoms with Crippen molar-refractivity contribution in [2.45, 2.75) is 38.3 Å². The highest BCUT2D eigenvalue weighted by atomic mass is 32.1. The minimum Gasteiger partial charge on any atom is -0.375 e. The molecule has 136 valence electrons. The van der Waals surface area contributed by atoms with Crippen LogP contribution in [0.5, 0.6) is 0 Å². The third-order valence-corrected chi connectivity index (χ3v) is 5.79. The number of carbonyl (C=O) groups excluding carboxylic acids is 2. The number of nitrogens with zero attached hydrogens (tertiary/aromatic N) is 2. The number of nitrogens with one attached hydrogen (secondary N) is 1. The molecule has 2 aliphatic rings. The maximum atomic E-state index is 12.7. The molecule has 1 N–H and O–H groups in total. The summed E-state index contributed by atoms with van der Waals surface area (Å²) in [6, 6.07) is 9.23. The monoisotopic (exact) mass is 371 g/mol. The average molecular weight is 371 g/mol. The van der Waals surface area contributed by atoms with Gasteiger partial charge in [-0.25, -0.2) is 4.98 Å². The zero-order chi connectivity index (χ0) is 17.9. The van der Waals surface area contributed by atoms with E-state index in [-0.39, 0.29) is 11.8 Å². The number of ether oxygens (including phenoxy) is 1. The van der Waals surface area contributed by atoms with Crippen LogP contribution >= 0.6 is 11.3 Å². The predicted molar refractivity (Wildman–Crippen MR) is 99.0 cm³/mol. The number of hydrogen-bond acceptors (Lipinski definition) is 5. The molecule has 0 aliphatic carbocycles. The molecule has 4 rings (SSSR count). The van der Waals surface area contributed by atoms with Gasteiger partial charge in [0.05, 0.1) is 30.2 Å². The Hall–Kier alpha value is -2.25. The summed E-state index contributed by atoms with van der Waals surface area (Å²) < 4.78 is 5.42. The van der Waals surface area contributed by atoms with E-state index in [1.807, 2.05) is 30.3 Å². The molecule has 2 amide bonds. The fraction of sp³-hybridized carbons (Fsp3) is 0.421. The van der Waals surface area contributed by atoms with Crippen LogP contribution in [0.4, 0.5) is 5.13 Å². The number of hydrogen-bond donors (Lipinski definition) is 1. The van der Waals surface area contributed by atoms with Crippen LogP contribution in [-0.4, -0.2) is 40.9 Å². The maximum absolute atomic E-state index is 12.7. The molecule has 1 saturated heterocycles. The largest absolute Gasteiger partial charge is 0.375 e. The fourth-order valence-electron chi connectivity index (χ4n) is 3.48. The molecule has 1 aromatic carbocycles. The van der Waals surface area contributed by atoms with Crippen LogP contribution in [0.2, 0.25) is 0 Å². The summed E-state index contributed by atoms with van der Waals surface area (Å²) in [5.41, 5.74) is 1.98. The summed E-state index contributed by atoms with van der Waals surface area (Å²) >= 11 is 1.46. The SMILES string of the molecule is O=C(Nc1nc2c(s1)COCC2)C1CCCN1C(=O)Cc1ccccc1. The molecule has 1 atom stereocenters. The van der Waals surface area contributed by atoms with Gasteiger partial charge >= 0.3 is 0 Å². The number of fused-ring (bicyclic) bond motifs is 1. The predicted octanol–water partition coefficient (Wildman–Crippen LogP) is 2.39. The molecule has 2 aromatic rings. The quantitative estimate of drug-likeness (QED) is 0.896. The van der Waals surface area contributed by atoms with E-state index in [2.05, 4.69) is 10.3 Å². The maximum Gasteiger partial charge on any atom is 0.248 e. The van der Waals surface area contributed by atoms with Crippen LogP contribution in [0, 0.1) is 0 Å². The lowest BCUT2D eigenvalue weighted by Gasteiger charge is -2.23. The molecule has 0 radical (unpaired) electrons. The average Bonchev–Trinajstić information content (AvgIpc) is 3.29. The second-order valence-electron chi connectivity index (χ2n) is 6.59. The molecular formula is C19H21N3O3S. The van der Waals surface area contributed by atoms with Gasteiger partial charge in [-0.15, -0.1) is 0 Å². The van der Waals surface area contributed by atoms with E-state index in [9.17, 15) is 9.59 Å². The molecule has 1 fully saturated rings. The minimum atomic E-state index is -0.414. The molecule has 1 aromatic heterocycles. The van der Waals surface area contributed by atoms with Crippen LogP contribution < -0.4 is 5.32 Å². The van der Waals surface area contributed by atoms with Crippen molar-refractivity contribution < 1.29 is 14.3 Å². The molecule has 3 heterocycles. The molecule has 0 bridgehead atoms. The number of thiazole rings is 1. The smallest absolute Gasteiger partial charge is 0.248 e. The summed E-state index contributed by atoms with van der Waals surface area (Å²) in [4.78, 5) is 32.7. The first-order valence-electron chi connectivity index (χ1n) is 8.91. The standard InChI is InChI=1S/C19H21N3O3S/c23-17(11-13-5-2-1-3-6-13)22-9-4-7-15(22)18(24)21-19-20-14-8-10-25-12-16(14)26-19/h1-3,5-6,15H,4,7-12H2,(H,20,21,24). The van der Waals surface area contributed by atoms with Gasteiger partial charge in [0.25, 0.3) is 0 Å². The first-order valence-corrected chi connectivity index (χ1v) is 9.73. The Morgan fingerprint density at radius 2 is 2.15 bits per heavy atom. The van der Waals surface area contributed by atoms with Crippen molar-refractivity contribution in [3.05, 3.63) is 46.5 Å². The normalized spacial score (nSPS) is 19.2. The van der Waals surface area contributed by atoms with Crippen LogP contribution in [0.15, 0.2) is 30.3 Å². The summed E-state index contributed by atoms with van der Waals surface area (Å²) in [6.07, 6.45) is 2.65. The number of benzene rings is 1. The van der Waals surface area contributed by atoms with Gasteiger partial charge in [-0.05, 0) is 18.4 Å². The van der Waals surface area contributed by atoms with Crippen molar-refractivity contribution in [1.82, 2.24) is 9.88 Å². The summed E-state index contributed by atoms with van der Waals surface area (Å²) in [5.74, 6) is -0.142. The lowest BCUT2D eigenvalue weighted by atomic mass is 10.1. The van der Waals surface area contributed by atoms with E-state index in [0.717, 1.165) is 29.0 Å².